The average molecular weight is 395 g/mol. The van der Waals surface area contributed by atoms with Crippen LogP contribution in [0.15, 0.2) is 24.3 Å². The van der Waals surface area contributed by atoms with Crippen molar-refractivity contribution in [1.29, 1.82) is 0 Å². The molecule has 2 saturated heterocycles. The van der Waals surface area contributed by atoms with E-state index in [4.69, 9.17) is 9.47 Å². The van der Waals surface area contributed by atoms with Gasteiger partial charge in [0.15, 0.2) is 0 Å². The van der Waals surface area contributed by atoms with Gasteiger partial charge in [0, 0.05) is 0 Å². The number of hydrogen-bond acceptors (Lipinski definition) is 4. The van der Waals surface area contributed by atoms with E-state index in [9.17, 15) is 10.2 Å². The van der Waals surface area contributed by atoms with E-state index in [1.165, 1.54) is 48.3 Å². The molecule has 0 saturated carbocycles. The lowest BCUT2D eigenvalue weighted by atomic mass is 10.1. The third-order valence-corrected chi connectivity index (χ3v) is 5.88. The first-order valence-electron chi connectivity index (χ1n) is 11.1. The first-order valence-corrected chi connectivity index (χ1v) is 11.1. The molecular formula is C22H38N2O4+2. The monoisotopic (exact) mass is 394 g/mol. The molecule has 1 aromatic rings. The summed E-state index contributed by atoms with van der Waals surface area (Å²) in [5.41, 5.74) is 0. The average Bonchev–Trinajstić information content (AvgIpc) is 2.73. The molecule has 6 nitrogen and oxygen atoms in total. The Hall–Kier alpha value is -1.34. The summed E-state index contributed by atoms with van der Waals surface area (Å²) in [6.45, 7) is 6.81. The number of ether oxygens (including phenoxy) is 2. The van der Waals surface area contributed by atoms with Crippen molar-refractivity contribution in [3.63, 3.8) is 0 Å². The topological polar surface area (TPSA) is 67.8 Å². The number of aliphatic hydroxyl groups is 2. The third-order valence-electron chi connectivity index (χ3n) is 5.88. The molecule has 2 fully saturated rings. The summed E-state index contributed by atoms with van der Waals surface area (Å²) in [6.07, 6.45) is 6.82. The number of likely N-dealkylation sites (tertiary alicyclic amines) is 2. The summed E-state index contributed by atoms with van der Waals surface area (Å²) in [7, 11) is 0. The van der Waals surface area contributed by atoms with Gasteiger partial charge in [-0.3, -0.25) is 0 Å². The number of hydrogen-bond donors (Lipinski definition) is 4. The number of piperidine rings is 2. The highest BCUT2D eigenvalue weighted by Gasteiger charge is 2.19. The van der Waals surface area contributed by atoms with Crippen LogP contribution in [0.3, 0.4) is 0 Å². The van der Waals surface area contributed by atoms with Crippen molar-refractivity contribution in [1.82, 2.24) is 0 Å². The lowest BCUT2D eigenvalue weighted by Gasteiger charge is -2.25. The van der Waals surface area contributed by atoms with E-state index in [2.05, 4.69) is 0 Å². The summed E-state index contributed by atoms with van der Waals surface area (Å²) in [5, 5.41) is 20.4. The number of rotatable bonds is 10. The highest BCUT2D eigenvalue weighted by atomic mass is 16.5. The molecule has 0 spiro atoms. The van der Waals surface area contributed by atoms with Gasteiger partial charge in [-0.05, 0) is 62.8 Å². The Morgan fingerprint density at radius 3 is 1.36 bits per heavy atom. The second-order valence-corrected chi connectivity index (χ2v) is 8.43. The molecule has 6 heteroatoms. The van der Waals surface area contributed by atoms with Crippen LogP contribution in [0.2, 0.25) is 0 Å². The van der Waals surface area contributed by atoms with Gasteiger partial charge in [0.05, 0.1) is 26.2 Å². The van der Waals surface area contributed by atoms with Gasteiger partial charge >= 0.3 is 0 Å². The fourth-order valence-corrected chi connectivity index (χ4v) is 4.31. The molecule has 0 unspecified atom stereocenters. The summed E-state index contributed by atoms with van der Waals surface area (Å²) < 4.78 is 11.4. The minimum atomic E-state index is -0.434. The summed E-state index contributed by atoms with van der Waals surface area (Å²) in [5.74, 6) is 1.47. The lowest BCUT2D eigenvalue weighted by molar-refractivity contribution is -0.908. The minimum Gasteiger partial charge on any atom is -0.491 e. The molecule has 2 aliphatic heterocycles. The first-order chi connectivity index (χ1) is 13.7. The molecule has 2 heterocycles. The quantitative estimate of drug-likeness (QED) is 0.424. The standard InChI is InChI=1S/C22H36N2O4/c25-19(15-23-11-3-1-4-12-23)17-27-21-7-9-22(10-8-21)28-18-20(26)16-24-13-5-2-6-14-24/h7-10,19-20,25-26H,1-6,11-18H2/p+2/t19-,20-/m1/s1. The van der Waals surface area contributed by atoms with Crippen molar-refractivity contribution in [3.8, 4) is 11.5 Å². The first kappa shape index (κ1) is 21.4. The Kier molecular flexibility index (Phi) is 8.86. The van der Waals surface area contributed by atoms with Crippen LogP contribution in [0.25, 0.3) is 0 Å². The van der Waals surface area contributed by atoms with Crippen LogP contribution in [0.1, 0.15) is 38.5 Å². The van der Waals surface area contributed by atoms with Crippen LogP contribution < -0.4 is 19.3 Å². The van der Waals surface area contributed by atoms with Crippen molar-refractivity contribution < 1.29 is 29.5 Å². The van der Waals surface area contributed by atoms with Crippen LogP contribution in [0.5, 0.6) is 11.5 Å². The highest BCUT2D eigenvalue weighted by Crippen LogP contribution is 2.17. The van der Waals surface area contributed by atoms with Crippen molar-refractivity contribution in [2.75, 3.05) is 52.5 Å². The Morgan fingerprint density at radius 2 is 1.00 bits per heavy atom. The number of nitrogens with one attached hydrogen (secondary N) is 2. The van der Waals surface area contributed by atoms with E-state index in [0.717, 1.165) is 50.8 Å². The Labute approximate surface area is 169 Å². The van der Waals surface area contributed by atoms with E-state index in [1.54, 1.807) is 0 Å². The largest absolute Gasteiger partial charge is 0.491 e. The van der Waals surface area contributed by atoms with Gasteiger partial charge in [-0.25, -0.2) is 0 Å². The smallest absolute Gasteiger partial charge is 0.137 e. The molecule has 2 atom stereocenters. The number of quaternary nitrogens is 2. The van der Waals surface area contributed by atoms with Crippen molar-refractivity contribution in [2.45, 2.75) is 50.7 Å². The molecule has 1 aromatic carbocycles. The summed E-state index contributed by atoms with van der Waals surface area (Å²) >= 11 is 0. The maximum Gasteiger partial charge on any atom is 0.137 e. The molecule has 0 aliphatic carbocycles. The number of benzene rings is 1. The van der Waals surface area contributed by atoms with Gasteiger partial charge in [0.2, 0.25) is 0 Å². The van der Waals surface area contributed by atoms with E-state index in [-0.39, 0.29) is 0 Å². The minimum absolute atomic E-state index is 0.320. The van der Waals surface area contributed by atoms with Crippen LogP contribution >= 0.6 is 0 Å². The molecule has 3 rings (SSSR count). The van der Waals surface area contributed by atoms with Crippen LogP contribution in [0.4, 0.5) is 0 Å². The van der Waals surface area contributed by atoms with Gasteiger partial charge in [-0.15, -0.1) is 0 Å². The molecule has 0 bridgehead atoms. The molecular weight excluding hydrogens is 356 g/mol. The molecule has 28 heavy (non-hydrogen) atoms. The van der Waals surface area contributed by atoms with Crippen LogP contribution in [0, 0.1) is 0 Å². The molecule has 2 aliphatic rings. The van der Waals surface area contributed by atoms with Gasteiger partial charge in [0.1, 0.15) is 50.0 Å². The fourth-order valence-electron chi connectivity index (χ4n) is 4.31. The van der Waals surface area contributed by atoms with E-state index in [1.807, 2.05) is 24.3 Å². The SMILES string of the molecule is O[C@@H](COc1ccc(OC[C@H](O)C[NH+]2CCCCC2)cc1)C[NH+]1CCCCC1. The van der Waals surface area contributed by atoms with Crippen LogP contribution in [-0.4, -0.2) is 74.9 Å². The molecule has 0 aromatic heterocycles. The predicted molar refractivity (Wildman–Crippen MR) is 108 cm³/mol. The van der Waals surface area contributed by atoms with E-state index in [0.29, 0.717) is 13.2 Å². The maximum absolute atomic E-state index is 10.2. The molecule has 4 N–H and O–H groups in total. The van der Waals surface area contributed by atoms with Crippen LogP contribution in [-0.2, 0) is 0 Å². The normalized spacial score (nSPS) is 21.2. The van der Waals surface area contributed by atoms with E-state index < -0.39 is 12.2 Å². The summed E-state index contributed by atoms with van der Waals surface area (Å²) in [6, 6.07) is 7.44. The molecule has 158 valence electrons. The summed E-state index contributed by atoms with van der Waals surface area (Å²) in [4.78, 5) is 2.96. The fraction of sp³-hybridized carbons (Fsp3) is 0.727. The zero-order valence-electron chi connectivity index (χ0n) is 17.1. The zero-order chi connectivity index (χ0) is 19.6. The van der Waals surface area contributed by atoms with Gasteiger partial charge in [-0.1, -0.05) is 0 Å². The second kappa shape index (κ2) is 11.6. The molecule has 0 amide bonds. The Morgan fingerprint density at radius 1 is 0.643 bits per heavy atom. The van der Waals surface area contributed by atoms with Crippen molar-refractivity contribution >= 4 is 0 Å². The Balaban J connectivity index is 1.32. The van der Waals surface area contributed by atoms with E-state index >= 15 is 0 Å². The zero-order valence-corrected chi connectivity index (χ0v) is 17.1. The van der Waals surface area contributed by atoms with Gasteiger partial charge < -0.3 is 29.5 Å². The Bertz CT molecular complexity index is 493. The number of aliphatic hydroxyl groups excluding tert-OH is 2. The van der Waals surface area contributed by atoms with Gasteiger partial charge in [-0.2, -0.15) is 0 Å². The predicted octanol–water partition coefficient (Wildman–Crippen LogP) is -0.696. The van der Waals surface area contributed by atoms with Crippen molar-refractivity contribution in [3.05, 3.63) is 24.3 Å². The van der Waals surface area contributed by atoms with Crippen molar-refractivity contribution in [2.24, 2.45) is 0 Å². The maximum atomic E-state index is 10.2. The highest BCUT2D eigenvalue weighted by molar-refractivity contribution is 5.31. The lowest BCUT2D eigenvalue weighted by Crippen LogP contribution is -3.14. The second-order valence-electron chi connectivity index (χ2n) is 8.43. The molecule has 0 radical (unpaired) electrons. The third kappa shape index (κ3) is 7.59. The van der Waals surface area contributed by atoms with Gasteiger partial charge in [0.25, 0.3) is 0 Å².